The lowest BCUT2D eigenvalue weighted by atomic mass is 10.0. The first-order valence-corrected chi connectivity index (χ1v) is 11.3. The molecule has 11 nitrogen and oxygen atoms in total. The van der Waals surface area contributed by atoms with Gasteiger partial charge < -0.3 is 20.3 Å². The predicted molar refractivity (Wildman–Crippen MR) is 124 cm³/mol. The van der Waals surface area contributed by atoms with E-state index < -0.39 is 29.6 Å². The van der Waals surface area contributed by atoms with E-state index in [1.54, 1.807) is 35.4 Å². The maximum atomic E-state index is 12.9. The van der Waals surface area contributed by atoms with E-state index in [0.717, 1.165) is 5.56 Å². The smallest absolute Gasteiger partial charge is 0.322 e. The summed E-state index contributed by atoms with van der Waals surface area (Å²) in [6.07, 6.45) is 0.246. The van der Waals surface area contributed by atoms with Gasteiger partial charge in [0.25, 0.3) is 11.8 Å². The molecule has 1 fully saturated rings. The summed E-state index contributed by atoms with van der Waals surface area (Å²) in [6, 6.07) is 4.79. The van der Waals surface area contributed by atoms with Crippen LogP contribution in [-0.2, 0) is 21.7 Å². The van der Waals surface area contributed by atoms with Gasteiger partial charge in [-0.3, -0.25) is 25.0 Å². The van der Waals surface area contributed by atoms with Gasteiger partial charge in [0.05, 0.1) is 13.7 Å². The first-order valence-electron chi connectivity index (χ1n) is 10.4. The van der Waals surface area contributed by atoms with Gasteiger partial charge in [-0.05, 0) is 30.7 Å². The Morgan fingerprint density at radius 3 is 2.83 bits per heavy atom. The molecule has 0 spiro atoms. The van der Waals surface area contributed by atoms with Gasteiger partial charge in [-0.15, -0.1) is 11.3 Å². The van der Waals surface area contributed by atoms with Gasteiger partial charge >= 0.3 is 12.1 Å². The fourth-order valence-electron chi connectivity index (χ4n) is 3.77. The third-order valence-electron chi connectivity index (χ3n) is 5.62. The van der Waals surface area contributed by atoms with Crippen molar-refractivity contribution in [3.05, 3.63) is 51.2 Å². The minimum absolute atomic E-state index is 0.0717. The molecule has 0 aliphatic carbocycles. The van der Waals surface area contributed by atoms with Gasteiger partial charge in [0.1, 0.15) is 11.8 Å². The van der Waals surface area contributed by atoms with Crippen molar-refractivity contribution in [1.82, 2.24) is 26.2 Å². The van der Waals surface area contributed by atoms with Crippen LogP contribution in [0.5, 0.6) is 5.75 Å². The van der Waals surface area contributed by atoms with Crippen LogP contribution in [0.3, 0.4) is 0 Å². The number of rotatable bonds is 6. The number of nitrogens with one attached hydrogen (secondary N) is 4. The summed E-state index contributed by atoms with van der Waals surface area (Å²) < 4.78 is 5.19. The second-order valence-electron chi connectivity index (χ2n) is 8.00. The van der Waals surface area contributed by atoms with Crippen LogP contribution in [0.4, 0.5) is 9.59 Å². The number of hydrogen-bond acceptors (Lipinski definition) is 7. The topological polar surface area (TPSA) is 146 Å². The predicted octanol–water partition coefficient (Wildman–Crippen LogP) is 0.643. The Bertz CT molecular complexity index is 1290. The molecule has 2 aromatic rings. The number of carbonyl (C=O) groups is 5. The van der Waals surface area contributed by atoms with Crippen molar-refractivity contribution in [2.45, 2.75) is 25.0 Å². The molecule has 3 heterocycles. The van der Waals surface area contributed by atoms with E-state index in [9.17, 15) is 24.0 Å². The molecule has 2 aliphatic heterocycles. The lowest BCUT2D eigenvalue weighted by Crippen LogP contribution is -2.46. The van der Waals surface area contributed by atoms with Gasteiger partial charge in [-0.1, -0.05) is 17.9 Å². The van der Waals surface area contributed by atoms with Crippen molar-refractivity contribution in [2.24, 2.45) is 0 Å². The van der Waals surface area contributed by atoms with E-state index >= 15 is 0 Å². The number of thiophene rings is 1. The largest absolute Gasteiger partial charge is 0.497 e. The third-order valence-corrected chi connectivity index (χ3v) is 6.77. The minimum atomic E-state index is -1.20. The number of fused-ring (bicyclic) bond motifs is 1. The lowest BCUT2D eigenvalue weighted by molar-refractivity contribution is -0.123. The van der Waals surface area contributed by atoms with Gasteiger partial charge in [0, 0.05) is 27.9 Å². The molecule has 0 bridgehead atoms. The van der Waals surface area contributed by atoms with Crippen LogP contribution in [0.2, 0.25) is 0 Å². The molecule has 7 amide bonds. The quantitative estimate of drug-likeness (QED) is 0.263. The molecular weight excluding hydrogens is 474 g/mol. The molecule has 180 valence electrons. The molecule has 2 atom stereocenters. The van der Waals surface area contributed by atoms with Crippen molar-refractivity contribution >= 4 is 41.6 Å². The van der Waals surface area contributed by atoms with Crippen LogP contribution in [-0.4, -0.2) is 54.9 Å². The average molecular weight is 496 g/mol. The molecule has 4 N–H and O–H groups in total. The summed E-state index contributed by atoms with van der Waals surface area (Å²) >= 11 is 1.25. The molecule has 1 aromatic heterocycles. The van der Waals surface area contributed by atoms with Crippen molar-refractivity contribution in [2.75, 3.05) is 13.7 Å². The molecule has 1 aromatic carbocycles. The fraction of sp³-hybridized carbons (Fsp3) is 0.261. The number of methoxy groups -OCH3 is 1. The molecule has 35 heavy (non-hydrogen) atoms. The highest BCUT2D eigenvalue weighted by molar-refractivity contribution is 7.10. The van der Waals surface area contributed by atoms with Crippen LogP contribution in [0.1, 0.15) is 33.3 Å². The normalized spacial score (nSPS) is 19.1. The fourth-order valence-corrected chi connectivity index (χ4v) is 4.72. The zero-order valence-corrected chi connectivity index (χ0v) is 19.6. The standard InChI is InChI=1S/C23H21N5O6S/c1-23(20(31)26-22(33)27-23)18-7-13(11-35-18)3-5-15(25-21(32)24-12-29)10-28-9-14-4-6-16(34-2)8-17(14)19(28)30/h4,6-8,11-12,15H,9-10H2,1-2H3,(H2,24,25,29,32)(H2,26,27,31,33)/t15-,23?/m1/s1. The molecule has 0 saturated carbocycles. The van der Waals surface area contributed by atoms with Gasteiger partial charge in [-0.25, -0.2) is 9.59 Å². The van der Waals surface area contributed by atoms with E-state index in [-0.39, 0.29) is 18.9 Å². The van der Waals surface area contributed by atoms with Gasteiger partial charge in [0.2, 0.25) is 6.41 Å². The Morgan fingerprint density at radius 2 is 2.14 bits per heavy atom. The van der Waals surface area contributed by atoms with Crippen molar-refractivity contribution < 1.29 is 28.7 Å². The summed E-state index contributed by atoms with van der Waals surface area (Å²) in [7, 11) is 1.52. The Balaban J connectivity index is 1.53. The van der Waals surface area contributed by atoms with Crippen LogP contribution in [0, 0.1) is 11.8 Å². The van der Waals surface area contributed by atoms with E-state index in [1.165, 1.54) is 18.4 Å². The van der Waals surface area contributed by atoms with E-state index in [4.69, 9.17) is 4.74 Å². The highest BCUT2D eigenvalue weighted by atomic mass is 32.1. The number of amides is 7. The van der Waals surface area contributed by atoms with Crippen LogP contribution in [0.25, 0.3) is 0 Å². The third kappa shape index (κ3) is 4.80. The molecule has 0 radical (unpaired) electrons. The number of urea groups is 2. The molecule has 4 rings (SSSR count). The van der Waals surface area contributed by atoms with Crippen LogP contribution in [0.15, 0.2) is 29.6 Å². The van der Waals surface area contributed by atoms with E-state index in [0.29, 0.717) is 28.3 Å². The number of carbonyl (C=O) groups excluding carboxylic acids is 5. The van der Waals surface area contributed by atoms with Gasteiger partial charge in [-0.2, -0.15) is 0 Å². The Hall–Kier alpha value is -4.37. The molecule has 1 saturated heterocycles. The number of imide groups is 2. The lowest BCUT2D eigenvalue weighted by Gasteiger charge is -2.21. The monoisotopic (exact) mass is 495 g/mol. The Labute approximate surface area is 204 Å². The first-order chi connectivity index (χ1) is 16.7. The molecule has 2 aliphatic rings. The summed E-state index contributed by atoms with van der Waals surface area (Å²) in [6.45, 7) is 2.00. The van der Waals surface area contributed by atoms with Crippen molar-refractivity contribution in [3.63, 3.8) is 0 Å². The van der Waals surface area contributed by atoms with E-state index in [1.807, 2.05) is 11.4 Å². The summed E-state index contributed by atoms with van der Waals surface area (Å²) in [4.78, 5) is 61.4. The maximum absolute atomic E-state index is 12.9. The highest BCUT2D eigenvalue weighted by Gasteiger charge is 2.44. The molecule has 12 heteroatoms. The van der Waals surface area contributed by atoms with Crippen LogP contribution < -0.4 is 26.0 Å². The van der Waals surface area contributed by atoms with Crippen molar-refractivity contribution in [3.8, 4) is 17.6 Å². The summed E-state index contributed by atoms with van der Waals surface area (Å²) in [5, 5.41) is 11.1. The van der Waals surface area contributed by atoms with Crippen molar-refractivity contribution in [1.29, 1.82) is 0 Å². The number of nitrogens with zero attached hydrogens (tertiary/aromatic N) is 1. The first kappa shape index (κ1) is 23.8. The zero-order chi connectivity index (χ0) is 25.2. The number of ether oxygens (including phenoxy) is 1. The maximum Gasteiger partial charge on any atom is 0.322 e. The van der Waals surface area contributed by atoms with Gasteiger partial charge in [0.15, 0.2) is 5.54 Å². The average Bonchev–Trinajstić information content (AvgIpc) is 3.49. The minimum Gasteiger partial charge on any atom is -0.497 e. The highest BCUT2D eigenvalue weighted by Crippen LogP contribution is 2.30. The zero-order valence-electron chi connectivity index (χ0n) is 18.8. The Kier molecular flexibility index (Phi) is 6.44. The second kappa shape index (κ2) is 9.47. The molecular formula is C23H21N5O6S. The second-order valence-corrected chi connectivity index (χ2v) is 8.91. The van der Waals surface area contributed by atoms with E-state index in [2.05, 4.69) is 27.8 Å². The Morgan fingerprint density at radius 1 is 1.34 bits per heavy atom. The summed E-state index contributed by atoms with van der Waals surface area (Å²) in [5.74, 6) is 5.73. The molecule has 1 unspecified atom stereocenters. The number of hydrogen-bond donors (Lipinski definition) is 4. The summed E-state index contributed by atoms with van der Waals surface area (Å²) in [5.41, 5.74) is 0.704. The SMILES string of the molecule is COc1ccc2c(c1)C(=O)N(C[C@@H](C#Cc1csc(C3(C)NC(=O)NC3=O)c1)NC(=O)NC=O)C2. The van der Waals surface area contributed by atoms with Crippen LogP contribution >= 0.6 is 11.3 Å². The number of benzene rings is 1.